The lowest BCUT2D eigenvalue weighted by Crippen LogP contribution is -1.87. The van der Waals surface area contributed by atoms with Crippen LogP contribution in [0.4, 0.5) is 0 Å². The molecule has 0 radical (unpaired) electrons. The predicted molar refractivity (Wildman–Crippen MR) is 53.7 cm³/mol. The van der Waals surface area contributed by atoms with Gasteiger partial charge in [-0.25, -0.2) is 0 Å². The largest absolute Gasteiger partial charge is 0.352 e. The Balaban J connectivity index is 3.28. The standard InChI is InChI=1S/C7H8INS/c1-2-5-3-4-9-7(10)6(5)8/h3-4H,2H2,1H3,(H,9,10). The first-order valence-electron chi connectivity index (χ1n) is 3.11. The van der Waals surface area contributed by atoms with Crippen molar-refractivity contribution in [1.29, 1.82) is 0 Å². The van der Waals surface area contributed by atoms with E-state index in [0.29, 0.717) is 0 Å². The van der Waals surface area contributed by atoms with E-state index < -0.39 is 0 Å². The number of pyridine rings is 1. The fourth-order valence-electron chi connectivity index (χ4n) is 0.773. The van der Waals surface area contributed by atoms with E-state index in [1.165, 1.54) is 9.13 Å². The summed E-state index contributed by atoms with van der Waals surface area (Å²) < 4.78 is 2.03. The smallest absolute Gasteiger partial charge is 0.117 e. The van der Waals surface area contributed by atoms with Gasteiger partial charge in [-0.2, -0.15) is 0 Å². The molecule has 1 aromatic rings. The highest BCUT2D eigenvalue weighted by Crippen LogP contribution is 2.11. The molecule has 0 spiro atoms. The van der Waals surface area contributed by atoms with Crippen LogP contribution in [0.15, 0.2) is 12.3 Å². The maximum Gasteiger partial charge on any atom is 0.117 e. The average molecular weight is 265 g/mol. The molecule has 0 fully saturated rings. The lowest BCUT2D eigenvalue weighted by Gasteiger charge is -1.98. The molecule has 54 valence electrons. The van der Waals surface area contributed by atoms with E-state index in [9.17, 15) is 0 Å². The Labute approximate surface area is 79.0 Å². The van der Waals surface area contributed by atoms with E-state index in [1.807, 2.05) is 6.20 Å². The summed E-state index contributed by atoms with van der Waals surface area (Å²) >= 11 is 7.31. The highest BCUT2D eigenvalue weighted by Gasteiger charge is 1.95. The minimum absolute atomic E-state index is 0.847. The van der Waals surface area contributed by atoms with Gasteiger partial charge in [-0.3, -0.25) is 0 Å². The van der Waals surface area contributed by atoms with Crippen LogP contribution >= 0.6 is 34.8 Å². The van der Waals surface area contributed by atoms with E-state index in [1.54, 1.807) is 0 Å². The van der Waals surface area contributed by atoms with Crippen molar-refractivity contribution >= 4 is 34.8 Å². The maximum atomic E-state index is 5.04. The number of rotatable bonds is 1. The molecule has 0 atom stereocenters. The van der Waals surface area contributed by atoms with Crippen LogP contribution in [0.25, 0.3) is 0 Å². The minimum atomic E-state index is 0.847. The number of aryl methyl sites for hydroxylation is 1. The van der Waals surface area contributed by atoms with Gasteiger partial charge in [0.25, 0.3) is 0 Å². The third-order valence-corrected chi connectivity index (χ3v) is 3.28. The first-order valence-corrected chi connectivity index (χ1v) is 4.60. The van der Waals surface area contributed by atoms with E-state index in [4.69, 9.17) is 12.2 Å². The second kappa shape index (κ2) is 3.48. The molecule has 0 aliphatic rings. The van der Waals surface area contributed by atoms with Gasteiger partial charge in [0.1, 0.15) is 4.64 Å². The molecule has 1 aromatic heterocycles. The second-order valence-electron chi connectivity index (χ2n) is 2.00. The average Bonchev–Trinajstić information content (AvgIpc) is 1.95. The highest BCUT2D eigenvalue weighted by molar-refractivity contribution is 14.1. The Hall–Kier alpha value is 0.1000. The third kappa shape index (κ3) is 1.58. The van der Waals surface area contributed by atoms with Gasteiger partial charge in [0, 0.05) is 6.20 Å². The molecule has 1 heterocycles. The number of halogens is 1. The first-order chi connectivity index (χ1) is 4.75. The van der Waals surface area contributed by atoms with Crippen LogP contribution in [0.2, 0.25) is 0 Å². The minimum Gasteiger partial charge on any atom is -0.352 e. The van der Waals surface area contributed by atoms with Gasteiger partial charge in [0.2, 0.25) is 0 Å². The van der Waals surface area contributed by atoms with Crippen LogP contribution in [0.3, 0.4) is 0 Å². The van der Waals surface area contributed by atoms with Gasteiger partial charge in [-0.1, -0.05) is 19.1 Å². The van der Waals surface area contributed by atoms with E-state index in [-0.39, 0.29) is 0 Å². The first kappa shape index (κ1) is 8.20. The van der Waals surface area contributed by atoms with Crippen LogP contribution in [-0.4, -0.2) is 4.98 Å². The maximum absolute atomic E-state index is 5.04. The third-order valence-electron chi connectivity index (χ3n) is 1.36. The molecule has 1 N–H and O–H groups in total. The fraction of sp³-hybridized carbons (Fsp3) is 0.286. The summed E-state index contributed by atoms with van der Waals surface area (Å²) in [5, 5.41) is 0. The molecule has 10 heavy (non-hydrogen) atoms. The van der Waals surface area contributed by atoms with Crippen molar-refractivity contribution in [1.82, 2.24) is 4.98 Å². The monoisotopic (exact) mass is 265 g/mol. The van der Waals surface area contributed by atoms with Crippen molar-refractivity contribution in [3.63, 3.8) is 0 Å². The number of hydrogen-bond donors (Lipinski definition) is 1. The van der Waals surface area contributed by atoms with Gasteiger partial charge in [0.05, 0.1) is 3.57 Å². The normalized spacial score (nSPS) is 9.80. The molecule has 1 nitrogen and oxygen atoms in total. The van der Waals surface area contributed by atoms with Gasteiger partial charge < -0.3 is 4.98 Å². The van der Waals surface area contributed by atoms with Crippen molar-refractivity contribution in [3.8, 4) is 0 Å². The predicted octanol–water partition coefficient (Wildman–Crippen LogP) is 2.91. The second-order valence-corrected chi connectivity index (χ2v) is 3.49. The molecule has 0 aromatic carbocycles. The summed E-state index contributed by atoms with van der Waals surface area (Å²) in [6.45, 7) is 2.13. The Morgan fingerprint density at radius 2 is 2.40 bits per heavy atom. The zero-order chi connectivity index (χ0) is 7.56. The molecule has 0 bridgehead atoms. The molecule has 0 aliphatic carbocycles. The molecule has 0 saturated heterocycles. The summed E-state index contributed by atoms with van der Waals surface area (Å²) in [7, 11) is 0. The molecule has 1 rings (SSSR count). The zero-order valence-electron chi connectivity index (χ0n) is 5.65. The Morgan fingerprint density at radius 3 is 2.90 bits per heavy atom. The fourth-order valence-corrected chi connectivity index (χ4v) is 1.69. The number of nitrogens with one attached hydrogen (secondary N) is 1. The Bertz CT molecular complexity index is 279. The van der Waals surface area contributed by atoms with Crippen LogP contribution in [0, 0.1) is 8.21 Å². The van der Waals surface area contributed by atoms with Crippen LogP contribution in [0.5, 0.6) is 0 Å². The van der Waals surface area contributed by atoms with Gasteiger partial charge in [0.15, 0.2) is 0 Å². The summed E-state index contributed by atoms with van der Waals surface area (Å²) in [6.07, 6.45) is 2.94. The van der Waals surface area contributed by atoms with Crippen molar-refractivity contribution in [2.45, 2.75) is 13.3 Å². The lowest BCUT2D eigenvalue weighted by atomic mass is 10.2. The van der Waals surface area contributed by atoms with Crippen molar-refractivity contribution in [2.24, 2.45) is 0 Å². The van der Waals surface area contributed by atoms with Gasteiger partial charge in [-0.05, 0) is 40.6 Å². The molecular weight excluding hydrogens is 257 g/mol. The SMILES string of the molecule is CCc1cc[nH]c(=S)c1I. The van der Waals surface area contributed by atoms with Crippen LogP contribution < -0.4 is 0 Å². The van der Waals surface area contributed by atoms with E-state index in [2.05, 4.69) is 40.6 Å². The molecular formula is C7H8INS. The van der Waals surface area contributed by atoms with Gasteiger partial charge >= 0.3 is 0 Å². The van der Waals surface area contributed by atoms with Crippen LogP contribution in [0.1, 0.15) is 12.5 Å². The van der Waals surface area contributed by atoms with Crippen molar-refractivity contribution in [2.75, 3.05) is 0 Å². The Morgan fingerprint density at radius 1 is 1.70 bits per heavy atom. The number of aromatic nitrogens is 1. The summed E-state index contributed by atoms with van der Waals surface area (Å²) in [6, 6.07) is 2.07. The van der Waals surface area contributed by atoms with E-state index in [0.717, 1.165) is 11.1 Å². The quantitative estimate of drug-likeness (QED) is 0.609. The summed E-state index contributed by atoms with van der Waals surface area (Å²) in [4.78, 5) is 2.98. The zero-order valence-corrected chi connectivity index (χ0v) is 8.62. The molecule has 0 unspecified atom stereocenters. The number of hydrogen-bond acceptors (Lipinski definition) is 1. The van der Waals surface area contributed by atoms with Crippen LogP contribution in [-0.2, 0) is 6.42 Å². The van der Waals surface area contributed by atoms with E-state index >= 15 is 0 Å². The number of aromatic amines is 1. The Kier molecular flexibility index (Phi) is 2.85. The lowest BCUT2D eigenvalue weighted by molar-refractivity contribution is 1.09. The summed E-state index contributed by atoms with van der Waals surface area (Å²) in [5.74, 6) is 0. The van der Waals surface area contributed by atoms with Crippen molar-refractivity contribution < 1.29 is 0 Å². The molecule has 0 amide bonds. The molecule has 0 aliphatic heterocycles. The van der Waals surface area contributed by atoms with Gasteiger partial charge in [-0.15, -0.1) is 0 Å². The highest BCUT2D eigenvalue weighted by atomic mass is 127. The van der Waals surface area contributed by atoms with Crippen molar-refractivity contribution in [3.05, 3.63) is 26.0 Å². The molecule has 3 heteroatoms. The topological polar surface area (TPSA) is 15.8 Å². The number of H-pyrrole nitrogens is 1. The summed E-state index contributed by atoms with van der Waals surface area (Å²) in [5.41, 5.74) is 1.32. The molecule has 0 saturated carbocycles.